The number of ether oxygens (including phenoxy) is 2. The Morgan fingerprint density at radius 2 is 1.77 bits per heavy atom. The minimum absolute atomic E-state index is 0.196. The third-order valence-electron chi connectivity index (χ3n) is 5.33. The van der Waals surface area contributed by atoms with Crippen LogP contribution in [0.4, 0.5) is 5.69 Å². The SMILES string of the molecule is COc1ccc(C(=O)N(CCCN)Cc2cc(NC(=O)c3ccccc3Br)ccc2Cl)cc1OC. The smallest absolute Gasteiger partial charge is 0.256 e. The molecule has 35 heavy (non-hydrogen) atoms. The number of amides is 2. The van der Waals surface area contributed by atoms with E-state index in [4.69, 9.17) is 26.8 Å². The van der Waals surface area contributed by atoms with E-state index in [2.05, 4.69) is 21.2 Å². The van der Waals surface area contributed by atoms with Gasteiger partial charge in [0.25, 0.3) is 11.8 Å². The van der Waals surface area contributed by atoms with Crippen LogP contribution in [0.15, 0.2) is 65.1 Å². The summed E-state index contributed by atoms with van der Waals surface area (Å²) in [6, 6.07) is 17.4. The molecule has 3 N–H and O–H groups in total. The van der Waals surface area contributed by atoms with E-state index >= 15 is 0 Å². The van der Waals surface area contributed by atoms with Crippen molar-refractivity contribution in [2.45, 2.75) is 13.0 Å². The standard InChI is InChI=1S/C26H27BrClN3O4/c1-34-23-11-8-17(15-24(23)35-2)26(33)31(13-5-12-29)16-18-14-19(9-10-22(18)28)30-25(32)20-6-3-4-7-21(20)27/h3-4,6-11,14-15H,5,12-13,16,29H2,1-2H3,(H,30,32). The van der Waals surface area contributed by atoms with Crippen molar-refractivity contribution in [1.29, 1.82) is 0 Å². The Morgan fingerprint density at radius 3 is 2.46 bits per heavy atom. The molecule has 0 aliphatic rings. The van der Waals surface area contributed by atoms with E-state index in [0.717, 1.165) is 0 Å². The van der Waals surface area contributed by atoms with E-state index in [1.54, 1.807) is 59.5 Å². The maximum absolute atomic E-state index is 13.4. The molecule has 0 aromatic heterocycles. The molecule has 184 valence electrons. The first kappa shape index (κ1) is 26.5. The fourth-order valence-electron chi connectivity index (χ4n) is 3.51. The van der Waals surface area contributed by atoms with Gasteiger partial charge in [-0.05, 0) is 83.0 Å². The number of anilines is 1. The maximum atomic E-state index is 13.4. The molecule has 9 heteroatoms. The van der Waals surface area contributed by atoms with E-state index in [1.165, 1.54) is 14.2 Å². The van der Waals surface area contributed by atoms with Crippen LogP contribution < -0.4 is 20.5 Å². The number of methoxy groups -OCH3 is 2. The van der Waals surface area contributed by atoms with Gasteiger partial charge in [0.1, 0.15) is 0 Å². The number of halogens is 2. The molecule has 0 spiro atoms. The van der Waals surface area contributed by atoms with Crippen molar-refractivity contribution in [2.75, 3.05) is 32.6 Å². The van der Waals surface area contributed by atoms with Crippen molar-refractivity contribution in [3.8, 4) is 11.5 Å². The van der Waals surface area contributed by atoms with Crippen LogP contribution in [0.25, 0.3) is 0 Å². The summed E-state index contributed by atoms with van der Waals surface area (Å²) in [6.07, 6.45) is 0.620. The van der Waals surface area contributed by atoms with E-state index in [9.17, 15) is 9.59 Å². The number of hydrogen-bond donors (Lipinski definition) is 2. The Kier molecular flexibility index (Phi) is 9.54. The Balaban J connectivity index is 1.85. The van der Waals surface area contributed by atoms with E-state index in [0.29, 0.717) is 62.9 Å². The van der Waals surface area contributed by atoms with Crippen molar-refractivity contribution in [3.05, 3.63) is 86.8 Å². The number of rotatable bonds is 10. The minimum atomic E-state index is -0.257. The zero-order chi connectivity index (χ0) is 25.4. The van der Waals surface area contributed by atoms with Crippen LogP contribution in [0, 0.1) is 0 Å². The summed E-state index contributed by atoms with van der Waals surface area (Å²) in [5.74, 6) is 0.548. The molecule has 3 aromatic rings. The predicted octanol–water partition coefficient (Wildman–Crippen LogP) is 5.36. The van der Waals surface area contributed by atoms with Crippen LogP contribution in [0.1, 0.15) is 32.7 Å². The molecular formula is C26H27BrClN3O4. The molecule has 0 saturated heterocycles. The second-order valence-electron chi connectivity index (χ2n) is 7.68. The fraction of sp³-hybridized carbons (Fsp3) is 0.231. The molecule has 0 aliphatic heterocycles. The highest BCUT2D eigenvalue weighted by molar-refractivity contribution is 9.10. The minimum Gasteiger partial charge on any atom is -0.493 e. The normalized spacial score (nSPS) is 10.5. The molecule has 0 aliphatic carbocycles. The number of hydrogen-bond acceptors (Lipinski definition) is 5. The molecule has 0 radical (unpaired) electrons. The second kappa shape index (κ2) is 12.6. The van der Waals surface area contributed by atoms with Crippen molar-refractivity contribution >= 4 is 45.0 Å². The number of nitrogens with one attached hydrogen (secondary N) is 1. The zero-order valence-electron chi connectivity index (χ0n) is 19.5. The van der Waals surface area contributed by atoms with Gasteiger partial charge in [0.15, 0.2) is 11.5 Å². The van der Waals surface area contributed by atoms with Crippen LogP contribution in [0.3, 0.4) is 0 Å². The summed E-state index contributed by atoms with van der Waals surface area (Å²) < 4.78 is 11.3. The lowest BCUT2D eigenvalue weighted by Crippen LogP contribution is -2.32. The average molecular weight is 561 g/mol. The monoisotopic (exact) mass is 559 g/mol. The molecule has 3 aromatic carbocycles. The summed E-state index contributed by atoms with van der Waals surface area (Å²) in [4.78, 5) is 27.8. The van der Waals surface area contributed by atoms with E-state index < -0.39 is 0 Å². The Hall–Kier alpha value is -3.07. The van der Waals surface area contributed by atoms with Crippen LogP contribution in [0.5, 0.6) is 11.5 Å². The van der Waals surface area contributed by atoms with Gasteiger partial charge in [-0.15, -0.1) is 0 Å². The van der Waals surface area contributed by atoms with Gasteiger partial charge in [-0.2, -0.15) is 0 Å². The lowest BCUT2D eigenvalue weighted by Gasteiger charge is -2.24. The zero-order valence-corrected chi connectivity index (χ0v) is 21.9. The first-order chi connectivity index (χ1) is 16.9. The largest absolute Gasteiger partial charge is 0.493 e. The van der Waals surface area contributed by atoms with Crippen molar-refractivity contribution in [2.24, 2.45) is 5.73 Å². The fourth-order valence-corrected chi connectivity index (χ4v) is 4.15. The molecule has 7 nitrogen and oxygen atoms in total. The van der Waals surface area contributed by atoms with Gasteiger partial charge in [0.2, 0.25) is 0 Å². The number of carbonyl (C=O) groups is 2. The van der Waals surface area contributed by atoms with Gasteiger partial charge >= 0.3 is 0 Å². The van der Waals surface area contributed by atoms with Gasteiger partial charge in [0.05, 0.1) is 19.8 Å². The number of nitrogens with zero attached hydrogens (tertiary/aromatic N) is 1. The Morgan fingerprint density at radius 1 is 1.03 bits per heavy atom. The molecule has 0 atom stereocenters. The lowest BCUT2D eigenvalue weighted by molar-refractivity contribution is 0.0741. The first-order valence-corrected chi connectivity index (χ1v) is 12.1. The number of nitrogens with two attached hydrogens (primary N) is 1. The molecule has 0 heterocycles. The lowest BCUT2D eigenvalue weighted by atomic mass is 10.1. The van der Waals surface area contributed by atoms with Crippen molar-refractivity contribution in [3.63, 3.8) is 0 Å². The quantitative estimate of drug-likeness (QED) is 0.348. The average Bonchev–Trinajstić information content (AvgIpc) is 2.87. The summed E-state index contributed by atoms with van der Waals surface area (Å²) in [5, 5.41) is 3.38. The first-order valence-electron chi connectivity index (χ1n) is 10.9. The van der Waals surface area contributed by atoms with Gasteiger partial charge in [0, 0.05) is 33.8 Å². The second-order valence-corrected chi connectivity index (χ2v) is 8.94. The van der Waals surface area contributed by atoms with Crippen LogP contribution in [0.2, 0.25) is 5.02 Å². The van der Waals surface area contributed by atoms with Crippen LogP contribution in [-0.4, -0.2) is 44.0 Å². The van der Waals surface area contributed by atoms with Gasteiger partial charge in [-0.1, -0.05) is 23.7 Å². The maximum Gasteiger partial charge on any atom is 0.256 e. The Labute approximate surface area is 218 Å². The predicted molar refractivity (Wildman–Crippen MR) is 142 cm³/mol. The highest BCUT2D eigenvalue weighted by Gasteiger charge is 2.20. The van der Waals surface area contributed by atoms with Crippen LogP contribution in [-0.2, 0) is 6.54 Å². The molecule has 2 amide bonds. The molecule has 0 bridgehead atoms. The third kappa shape index (κ3) is 6.75. The summed E-state index contributed by atoms with van der Waals surface area (Å²) in [5.41, 5.74) is 7.95. The summed E-state index contributed by atoms with van der Waals surface area (Å²) in [7, 11) is 3.06. The molecule has 3 rings (SSSR count). The number of benzene rings is 3. The van der Waals surface area contributed by atoms with Crippen molar-refractivity contribution in [1.82, 2.24) is 4.90 Å². The molecular weight excluding hydrogens is 534 g/mol. The third-order valence-corrected chi connectivity index (χ3v) is 6.39. The van der Waals surface area contributed by atoms with E-state index in [-0.39, 0.29) is 18.4 Å². The van der Waals surface area contributed by atoms with E-state index in [1.807, 2.05) is 6.07 Å². The summed E-state index contributed by atoms with van der Waals surface area (Å²) in [6.45, 7) is 1.11. The molecule has 0 fully saturated rings. The summed E-state index contributed by atoms with van der Waals surface area (Å²) >= 11 is 9.87. The highest BCUT2D eigenvalue weighted by atomic mass is 79.9. The van der Waals surface area contributed by atoms with Gasteiger partial charge in [-0.3, -0.25) is 9.59 Å². The Bertz CT molecular complexity index is 1200. The number of carbonyl (C=O) groups excluding carboxylic acids is 2. The van der Waals surface area contributed by atoms with Crippen molar-refractivity contribution < 1.29 is 19.1 Å². The van der Waals surface area contributed by atoms with Crippen LogP contribution >= 0.6 is 27.5 Å². The molecule has 0 unspecified atom stereocenters. The van der Waals surface area contributed by atoms with Gasteiger partial charge in [-0.25, -0.2) is 0 Å². The van der Waals surface area contributed by atoms with Gasteiger partial charge < -0.3 is 25.4 Å². The highest BCUT2D eigenvalue weighted by Crippen LogP contribution is 2.29. The molecule has 0 saturated carbocycles. The topological polar surface area (TPSA) is 93.9 Å².